The number of benzene rings is 2. The number of Topliss-reactive ketones (excluding diaryl/α,β-unsaturated/α-hetero) is 1. The van der Waals surface area contributed by atoms with E-state index in [1.165, 1.54) is 0 Å². The third-order valence-corrected chi connectivity index (χ3v) is 4.51. The number of carbonyl (C=O) groups is 2. The summed E-state index contributed by atoms with van der Waals surface area (Å²) in [5, 5.41) is -0.287. The molecule has 0 saturated heterocycles. The molecule has 1 unspecified atom stereocenters. The molecule has 0 spiro atoms. The van der Waals surface area contributed by atoms with E-state index in [0.29, 0.717) is 16.0 Å². The predicted molar refractivity (Wildman–Crippen MR) is 93.5 cm³/mol. The number of hydrogen-bond acceptors (Lipinski definition) is 4. The van der Waals surface area contributed by atoms with Gasteiger partial charge in [0.1, 0.15) is 0 Å². The van der Waals surface area contributed by atoms with Crippen LogP contribution in [0, 0.1) is 0 Å². The molecule has 1 atom stereocenters. The van der Waals surface area contributed by atoms with Crippen molar-refractivity contribution in [1.29, 1.82) is 0 Å². The number of ketones is 1. The van der Waals surface area contributed by atoms with Crippen LogP contribution in [-0.2, 0) is 0 Å². The first-order valence-corrected chi connectivity index (χ1v) is 7.63. The van der Waals surface area contributed by atoms with Crippen molar-refractivity contribution in [1.82, 2.24) is 0 Å². The second kappa shape index (κ2) is 6.73. The molecule has 0 radical (unpaired) electrons. The van der Waals surface area contributed by atoms with Gasteiger partial charge < -0.3 is 0 Å². The van der Waals surface area contributed by atoms with Crippen LogP contribution in [-0.4, -0.2) is 10.9 Å². The minimum atomic E-state index is -0.299. The first-order valence-electron chi connectivity index (χ1n) is 6.29. The molecule has 0 aromatic heterocycles. The highest BCUT2D eigenvalue weighted by molar-refractivity contribution is 7.97. The van der Waals surface area contributed by atoms with Crippen LogP contribution in [0.5, 0.6) is 0 Å². The molecule has 0 aliphatic heterocycles. The Morgan fingerprint density at radius 1 is 0.905 bits per heavy atom. The average molecular weight is 334 g/mol. The molecule has 2 nitrogen and oxygen atoms in total. The zero-order chi connectivity index (χ0) is 15.6. The van der Waals surface area contributed by atoms with Gasteiger partial charge in [-0.2, -0.15) is 0 Å². The average Bonchev–Trinajstić information content (AvgIpc) is 2.48. The summed E-state index contributed by atoms with van der Waals surface area (Å²) in [5.74, 6) is -0.295. The van der Waals surface area contributed by atoms with Gasteiger partial charge in [0.15, 0.2) is 5.78 Å². The fraction of sp³-hybridized carbons (Fsp3) is 0.125. The molecule has 0 aliphatic carbocycles. The van der Waals surface area contributed by atoms with Gasteiger partial charge in [0.2, 0.25) is 5.12 Å². The number of carbonyl (C=O) groups excluding carboxylic acids is 2. The molecule has 0 fully saturated rings. The van der Waals surface area contributed by atoms with Crippen molar-refractivity contribution < 1.29 is 9.59 Å². The maximum atomic E-state index is 12.5. The molecule has 0 heterocycles. The highest BCUT2D eigenvalue weighted by atomic mass is 32.1. The van der Waals surface area contributed by atoms with E-state index in [2.05, 4.69) is 37.9 Å². The zero-order valence-electron chi connectivity index (χ0n) is 11.3. The Bertz CT molecular complexity index is 693. The first-order chi connectivity index (χ1) is 9.90. The van der Waals surface area contributed by atoms with Gasteiger partial charge in [-0.15, -0.1) is 37.9 Å². The highest BCUT2D eigenvalue weighted by Crippen LogP contribution is 2.25. The maximum absolute atomic E-state index is 12.5. The van der Waals surface area contributed by atoms with Crippen molar-refractivity contribution in [3.05, 3.63) is 59.2 Å². The van der Waals surface area contributed by atoms with Gasteiger partial charge in [-0.05, 0) is 17.7 Å². The lowest BCUT2D eigenvalue weighted by Gasteiger charge is -2.12. The molecule has 0 aliphatic rings. The minimum Gasteiger partial charge on any atom is -0.294 e. The van der Waals surface area contributed by atoms with E-state index in [1.54, 1.807) is 42.5 Å². The summed E-state index contributed by atoms with van der Waals surface area (Å²) in [5.41, 5.74) is 1.97. The quantitative estimate of drug-likeness (QED) is 0.575. The van der Waals surface area contributed by atoms with Crippen molar-refractivity contribution in [2.75, 3.05) is 0 Å². The largest absolute Gasteiger partial charge is 0.294 e. The van der Waals surface area contributed by atoms with Crippen LogP contribution in [0.2, 0.25) is 0 Å². The van der Waals surface area contributed by atoms with Crippen molar-refractivity contribution >= 4 is 48.8 Å². The second-order valence-electron chi connectivity index (χ2n) is 4.72. The minimum absolute atomic E-state index is 0.00332. The van der Waals surface area contributed by atoms with Crippen molar-refractivity contribution in [2.45, 2.75) is 22.6 Å². The summed E-state index contributed by atoms with van der Waals surface area (Å²) in [4.78, 5) is 25.0. The van der Waals surface area contributed by atoms with Gasteiger partial charge in [-0.25, -0.2) is 0 Å². The second-order valence-corrected chi connectivity index (χ2v) is 6.09. The van der Waals surface area contributed by atoms with Crippen LogP contribution in [0.3, 0.4) is 0 Å². The van der Waals surface area contributed by atoms with E-state index in [1.807, 2.05) is 6.92 Å². The SMILES string of the molecule is CC(C(=O)c1ccc(S)c(S)c1)c1ccc(C(=O)S)cc1. The fourth-order valence-corrected chi connectivity index (χ4v) is 2.49. The van der Waals surface area contributed by atoms with Crippen LogP contribution in [0.4, 0.5) is 0 Å². The van der Waals surface area contributed by atoms with Crippen molar-refractivity contribution in [3.63, 3.8) is 0 Å². The maximum Gasteiger partial charge on any atom is 0.216 e. The Morgan fingerprint density at radius 2 is 1.48 bits per heavy atom. The summed E-state index contributed by atoms with van der Waals surface area (Å²) in [6.45, 7) is 1.84. The highest BCUT2D eigenvalue weighted by Gasteiger charge is 2.18. The third kappa shape index (κ3) is 3.73. The molecule has 0 bridgehead atoms. The van der Waals surface area contributed by atoms with Crippen LogP contribution in [0.15, 0.2) is 52.3 Å². The molecule has 5 heteroatoms. The van der Waals surface area contributed by atoms with Gasteiger partial charge in [0.25, 0.3) is 0 Å². The van der Waals surface area contributed by atoms with E-state index < -0.39 is 0 Å². The lowest BCUT2D eigenvalue weighted by molar-refractivity contribution is 0.0965. The summed E-state index contributed by atoms with van der Waals surface area (Å²) >= 11 is 12.3. The van der Waals surface area contributed by atoms with Gasteiger partial charge in [-0.1, -0.05) is 37.3 Å². The van der Waals surface area contributed by atoms with E-state index in [-0.39, 0.29) is 16.8 Å². The Labute approximate surface area is 140 Å². The monoisotopic (exact) mass is 334 g/mol. The topological polar surface area (TPSA) is 34.1 Å². The smallest absolute Gasteiger partial charge is 0.216 e. The van der Waals surface area contributed by atoms with Crippen LogP contribution in [0.25, 0.3) is 0 Å². The summed E-state index contributed by atoms with van der Waals surface area (Å²) in [6, 6.07) is 12.1. The number of thiol groups is 3. The summed E-state index contributed by atoms with van der Waals surface area (Å²) < 4.78 is 0. The molecule has 2 rings (SSSR count). The Balaban J connectivity index is 2.25. The van der Waals surface area contributed by atoms with Crippen LogP contribution >= 0.6 is 37.9 Å². The third-order valence-electron chi connectivity index (χ3n) is 3.31. The number of rotatable bonds is 4. The van der Waals surface area contributed by atoms with Gasteiger partial charge >= 0.3 is 0 Å². The first kappa shape index (κ1) is 16.2. The summed E-state index contributed by atoms with van der Waals surface area (Å²) in [6.07, 6.45) is 0. The Kier molecular flexibility index (Phi) is 5.19. The molecule has 108 valence electrons. The number of hydrogen-bond donors (Lipinski definition) is 3. The van der Waals surface area contributed by atoms with E-state index in [0.717, 1.165) is 10.5 Å². The molecule has 0 saturated carbocycles. The lowest BCUT2D eigenvalue weighted by atomic mass is 9.92. The predicted octanol–water partition coefficient (Wildman–Crippen LogP) is 4.32. The fourth-order valence-electron chi connectivity index (χ4n) is 1.99. The molecule has 2 aromatic rings. The van der Waals surface area contributed by atoms with Gasteiger partial charge in [-0.3, -0.25) is 9.59 Å². The molecule has 21 heavy (non-hydrogen) atoms. The zero-order valence-corrected chi connectivity index (χ0v) is 14.0. The van der Waals surface area contributed by atoms with Crippen molar-refractivity contribution in [3.8, 4) is 0 Å². The van der Waals surface area contributed by atoms with Crippen LogP contribution in [0.1, 0.15) is 39.1 Å². The van der Waals surface area contributed by atoms with Gasteiger partial charge in [0, 0.05) is 26.8 Å². The summed E-state index contributed by atoms with van der Waals surface area (Å²) in [7, 11) is 0. The molecule has 0 N–H and O–H groups in total. The van der Waals surface area contributed by atoms with E-state index in [9.17, 15) is 9.59 Å². The van der Waals surface area contributed by atoms with Gasteiger partial charge in [0.05, 0.1) is 0 Å². The van der Waals surface area contributed by atoms with Crippen molar-refractivity contribution in [2.24, 2.45) is 0 Å². The lowest BCUT2D eigenvalue weighted by Crippen LogP contribution is -2.10. The van der Waals surface area contributed by atoms with E-state index >= 15 is 0 Å². The standard InChI is InChI=1S/C16H14O2S3/c1-9(10-2-4-11(5-3-10)16(18)21)15(17)12-6-7-13(19)14(20)8-12/h2-9,19-20H,1H3,(H,18,21). The Hall–Kier alpha value is -1.17. The van der Waals surface area contributed by atoms with Crippen LogP contribution < -0.4 is 0 Å². The molecular formula is C16H14O2S3. The Morgan fingerprint density at radius 3 is 2.00 bits per heavy atom. The van der Waals surface area contributed by atoms with E-state index in [4.69, 9.17) is 0 Å². The molecule has 0 amide bonds. The molecular weight excluding hydrogens is 320 g/mol. The normalized spacial score (nSPS) is 12.0. The molecule has 2 aromatic carbocycles.